The van der Waals surface area contributed by atoms with Crippen LogP contribution in [0.1, 0.15) is 27.3 Å². The Hall–Kier alpha value is -2.89. The van der Waals surface area contributed by atoms with Gasteiger partial charge in [0.1, 0.15) is 4.88 Å². The summed E-state index contributed by atoms with van der Waals surface area (Å²) in [6.45, 7) is 13.9. The van der Waals surface area contributed by atoms with E-state index in [0.29, 0.717) is 10.6 Å². The summed E-state index contributed by atoms with van der Waals surface area (Å²) in [5.74, 6) is -0.398. The van der Waals surface area contributed by atoms with Gasteiger partial charge in [-0.3, -0.25) is 9.69 Å². The zero-order valence-corrected chi connectivity index (χ0v) is 17.3. The summed E-state index contributed by atoms with van der Waals surface area (Å²) in [6, 6.07) is 5.81. The standard InChI is InChI=1S/C21H24N6OS/c1-14-19(20(22)28)29-21(25-14)27-10-8-26(9-11-27)7-3-4-15-13-24-18-6-5-16(23-2)12-17(15)18/h5-6,12-13,24H,3-4,7-11H2,1H3,(H2,22,28). The number of carbonyl (C=O) groups excluding carboxylic acids is 1. The van der Waals surface area contributed by atoms with Crippen molar-refractivity contribution in [3.63, 3.8) is 0 Å². The number of nitrogens with zero attached hydrogens (tertiary/aromatic N) is 4. The minimum atomic E-state index is -0.398. The van der Waals surface area contributed by atoms with Crippen LogP contribution in [0, 0.1) is 13.5 Å². The first-order chi connectivity index (χ1) is 14.0. The lowest BCUT2D eigenvalue weighted by atomic mass is 10.1. The Morgan fingerprint density at radius 3 is 2.83 bits per heavy atom. The molecule has 0 spiro atoms. The average Bonchev–Trinajstić information content (AvgIpc) is 3.31. The van der Waals surface area contributed by atoms with Gasteiger partial charge in [-0.25, -0.2) is 9.83 Å². The highest BCUT2D eigenvalue weighted by molar-refractivity contribution is 7.17. The first-order valence-corrected chi connectivity index (χ1v) is 10.6. The second-order valence-electron chi connectivity index (χ2n) is 7.36. The van der Waals surface area contributed by atoms with Crippen LogP contribution >= 0.6 is 11.3 Å². The molecular weight excluding hydrogens is 384 g/mol. The average molecular weight is 409 g/mol. The fourth-order valence-electron chi connectivity index (χ4n) is 3.84. The fourth-order valence-corrected chi connectivity index (χ4v) is 4.82. The Balaban J connectivity index is 1.29. The highest BCUT2D eigenvalue weighted by Gasteiger charge is 2.21. The molecule has 8 heteroatoms. The monoisotopic (exact) mass is 408 g/mol. The number of rotatable bonds is 6. The van der Waals surface area contributed by atoms with E-state index in [9.17, 15) is 4.79 Å². The van der Waals surface area contributed by atoms with Gasteiger partial charge in [-0.15, -0.1) is 0 Å². The maximum Gasteiger partial charge on any atom is 0.260 e. The predicted octanol–water partition coefficient (Wildman–Crippen LogP) is 3.34. The number of amides is 1. The number of aromatic amines is 1. The number of nitrogens with two attached hydrogens (primary N) is 1. The Bertz CT molecular complexity index is 1070. The van der Waals surface area contributed by atoms with E-state index >= 15 is 0 Å². The minimum Gasteiger partial charge on any atom is -0.365 e. The number of anilines is 1. The van der Waals surface area contributed by atoms with Crippen LogP contribution < -0.4 is 10.6 Å². The molecule has 3 aromatic rings. The molecule has 0 aliphatic carbocycles. The quantitative estimate of drug-likeness (QED) is 0.613. The number of carbonyl (C=O) groups is 1. The molecule has 4 rings (SSSR count). The van der Waals surface area contributed by atoms with Crippen molar-refractivity contribution in [2.45, 2.75) is 19.8 Å². The van der Waals surface area contributed by atoms with E-state index < -0.39 is 5.91 Å². The van der Waals surface area contributed by atoms with Gasteiger partial charge in [-0.2, -0.15) is 0 Å². The molecule has 1 saturated heterocycles. The van der Waals surface area contributed by atoms with E-state index in [2.05, 4.69) is 30.8 Å². The third-order valence-electron chi connectivity index (χ3n) is 5.45. The summed E-state index contributed by atoms with van der Waals surface area (Å²) in [7, 11) is 0. The predicted molar refractivity (Wildman–Crippen MR) is 117 cm³/mol. The van der Waals surface area contributed by atoms with Gasteiger partial charge in [0.25, 0.3) is 5.91 Å². The third-order valence-corrected chi connectivity index (χ3v) is 6.69. The number of benzene rings is 1. The van der Waals surface area contributed by atoms with E-state index in [-0.39, 0.29) is 0 Å². The zero-order valence-electron chi connectivity index (χ0n) is 16.4. The van der Waals surface area contributed by atoms with Crippen molar-refractivity contribution in [2.75, 3.05) is 37.6 Å². The summed E-state index contributed by atoms with van der Waals surface area (Å²) in [5.41, 5.74) is 9.19. The van der Waals surface area contributed by atoms with Crippen LogP contribution in [0.15, 0.2) is 24.4 Å². The molecule has 0 saturated carbocycles. The summed E-state index contributed by atoms with van der Waals surface area (Å²) < 4.78 is 0. The van der Waals surface area contributed by atoms with Gasteiger partial charge in [0.15, 0.2) is 10.8 Å². The number of primary amides is 1. The van der Waals surface area contributed by atoms with Crippen molar-refractivity contribution in [3.8, 4) is 0 Å². The second-order valence-corrected chi connectivity index (χ2v) is 8.34. The molecule has 7 nitrogen and oxygen atoms in total. The summed E-state index contributed by atoms with van der Waals surface area (Å²) in [5, 5.41) is 2.05. The Kier molecular flexibility index (Phi) is 5.51. The lowest BCUT2D eigenvalue weighted by molar-refractivity contribution is 0.100. The molecule has 0 unspecified atom stereocenters. The highest BCUT2D eigenvalue weighted by Crippen LogP contribution is 2.27. The molecule has 29 heavy (non-hydrogen) atoms. The molecule has 0 radical (unpaired) electrons. The number of thiazole rings is 1. The number of nitrogens with one attached hydrogen (secondary N) is 1. The maximum absolute atomic E-state index is 11.5. The highest BCUT2D eigenvalue weighted by atomic mass is 32.1. The third kappa shape index (κ3) is 4.11. The van der Waals surface area contributed by atoms with Crippen LogP contribution in [0.2, 0.25) is 0 Å². The first kappa shape index (κ1) is 19.4. The van der Waals surface area contributed by atoms with Crippen LogP contribution in [-0.2, 0) is 6.42 Å². The number of H-pyrrole nitrogens is 1. The SMILES string of the molecule is [C-]#[N+]c1ccc2[nH]cc(CCCN3CCN(c4nc(C)c(C(N)=O)s4)CC3)c2c1. The Morgan fingerprint density at radius 1 is 1.34 bits per heavy atom. The molecule has 1 fully saturated rings. The summed E-state index contributed by atoms with van der Waals surface area (Å²) >= 11 is 1.39. The molecule has 1 amide bonds. The van der Waals surface area contributed by atoms with E-state index in [1.165, 1.54) is 16.9 Å². The largest absolute Gasteiger partial charge is 0.365 e. The van der Waals surface area contributed by atoms with Gasteiger partial charge in [0, 0.05) is 37.9 Å². The molecule has 0 atom stereocenters. The van der Waals surface area contributed by atoms with Crippen LogP contribution in [0.4, 0.5) is 10.8 Å². The van der Waals surface area contributed by atoms with Crippen LogP contribution in [0.3, 0.4) is 0 Å². The second kappa shape index (κ2) is 8.23. The minimum absolute atomic E-state index is 0.398. The number of piperazine rings is 1. The van der Waals surface area contributed by atoms with E-state index in [0.717, 1.165) is 67.3 Å². The maximum atomic E-state index is 11.5. The molecular formula is C21H24N6OS. The van der Waals surface area contributed by atoms with Crippen molar-refractivity contribution >= 4 is 39.0 Å². The number of aryl methyl sites for hydroxylation is 2. The first-order valence-electron chi connectivity index (χ1n) is 9.77. The molecule has 3 N–H and O–H groups in total. The number of fused-ring (bicyclic) bond motifs is 1. The molecule has 150 valence electrons. The smallest absolute Gasteiger partial charge is 0.260 e. The van der Waals surface area contributed by atoms with Crippen LogP contribution in [0.5, 0.6) is 0 Å². The van der Waals surface area contributed by atoms with Crippen molar-refractivity contribution < 1.29 is 4.79 Å². The molecule has 3 heterocycles. The molecule has 2 aromatic heterocycles. The van der Waals surface area contributed by atoms with E-state index in [1.54, 1.807) is 0 Å². The van der Waals surface area contributed by atoms with Crippen LogP contribution in [-0.4, -0.2) is 53.5 Å². The molecule has 0 bridgehead atoms. The topological polar surface area (TPSA) is 82.6 Å². The number of aromatic nitrogens is 2. The zero-order chi connectivity index (χ0) is 20.4. The summed E-state index contributed by atoms with van der Waals surface area (Å²) in [6.07, 6.45) is 4.14. The lowest BCUT2D eigenvalue weighted by Gasteiger charge is -2.34. The van der Waals surface area contributed by atoms with Crippen molar-refractivity contribution in [1.29, 1.82) is 0 Å². The normalized spacial score (nSPS) is 15.0. The fraction of sp³-hybridized carbons (Fsp3) is 0.381. The van der Waals surface area contributed by atoms with E-state index in [4.69, 9.17) is 12.3 Å². The van der Waals surface area contributed by atoms with Gasteiger partial charge >= 0.3 is 0 Å². The lowest BCUT2D eigenvalue weighted by Crippen LogP contribution is -2.46. The van der Waals surface area contributed by atoms with E-state index in [1.807, 2.05) is 25.1 Å². The number of hydrogen-bond donors (Lipinski definition) is 2. The van der Waals surface area contributed by atoms with Crippen molar-refractivity contribution in [1.82, 2.24) is 14.9 Å². The van der Waals surface area contributed by atoms with Gasteiger partial charge in [0.2, 0.25) is 0 Å². The molecule has 1 aliphatic rings. The van der Waals surface area contributed by atoms with Crippen molar-refractivity contribution in [3.05, 3.63) is 51.9 Å². The molecule has 1 aromatic carbocycles. The van der Waals surface area contributed by atoms with Crippen LogP contribution in [0.25, 0.3) is 15.7 Å². The molecule has 1 aliphatic heterocycles. The van der Waals surface area contributed by atoms with Gasteiger partial charge in [0.05, 0.1) is 12.3 Å². The van der Waals surface area contributed by atoms with Crippen molar-refractivity contribution in [2.24, 2.45) is 5.73 Å². The number of hydrogen-bond acceptors (Lipinski definition) is 5. The Labute approximate surface area is 174 Å². The van der Waals surface area contributed by atoms with Gasteiger partial charge in [-0.05, 0) is 49.4 Å². The van der Waals surface area contributed by atoms with Gasteiger partial charge < -0.3 is 15.6 Å². The Morgan fingerprint density at radius 2 is 2.14 bits per heavy atom. The van der Waals surface area contributed by atoms with Gasteiger partial charge in [-0.1, -0.05) is 17.4 Å². The summed E-state index contributed by atoms with van der Waals surface area (Å²) in [4.78, 5) is 28.1.